The first-order chi connectivity index (χ1) is 17.1. The number of benzene rings is 1. The number of carbonyl (C=O) groups is 2. The van der Waals surface area contributed by atoms with Crippen molar-refractivity contribution >= 4 is 17.5 Å². The molecule has 2 aromatic rings. The van der Waals surface area contributed by atoms with Gasteiger partial charge in [-0.2, -0.15) is 13.2 Å². The third-order valence-electron chi connectivity index (χ3n) is 7.59. The number of pyridine rings is 1. The van der Waals surface area contributed by atoms with Crippen molar-refractivity contribution in [1.29, 1.82) is 0 Å². The van der Waals surface area contributed by atoms with Gasteiger partial charge in [-0.3, -0.25) is 19.5 Å². The van der Waals surface area contributed by atoms with E-state index in [0.29, 0.717) is 56.7 Å². The molecule has 0 N–H and O–H groups in total. The molecular weight excluding hydrogens is 473 g/mol. The average Bonchev–Trinajstić information content (AvgIpc) is 3.38. The summed E-state index contributed by atoms with van der Waals surface area (Å²) in [5, 5.41) is 0. The van der Waals surface area contributed by atoms with Gasteiger partial charge in [0.05, 0.1) is 24.0 Å². The molecule has 1 aromatic heterocycles. The van der Waals surface area contributed by atoms with Crippen molar-refractivity contribution < 1.29 is 27.5 Å². The van der Waals surface area contributed by atoms with E-state index < -0.39 is 17.2 Å². The summed E-state index contributed by atoms with van der Waals surface area (Å²) in [6.45, 7) is 2.60. The second-order valence-electron chi connectivity index (χ2n) is 10.1. The maximum absolute atomic E-state index is 13.8. The van der Waals surface area contributed by atoms with Crippen LogP contribution < -0.4 is 4.90 Å². The summed E-state index contributed by atoms with van der Waals surface area (Å²) >= 11 is 0. The molecule has 1 unspecified atom stereocenters. The smallest absolute Gasteiger partial charge is 0.384 e. The highest BCUT2D eigenvalue weighted by Gasteiger charge is 2.47. The van der Waals surface area contributed by atoms with E-state index in [1.54, 1.807) is 24.0 Å². The number of carbonyl (C=O) groups excluding carboxylic acids is 2. The molecule has 10 heteroatoms. The standard InChI is InChI=1S/C26H29F3N4O3/c1-31-22-9-17(3-4-18(22)11-23(31)34)13-32-8-6-25(15-32,16-36-2)24(35)33-7-5-21-19(14-33)10-20(12-30-21)26(27,28)29/h3-4,9-10,12H,5-8,11,13-16H2,1-2H3. The third-order valence-corrected chi connectivity index (χ3v) is 7.59. The van der Waals surface area contributed by atoms with Gasteiger partial charge in [-0.1, -0.05) is 12.1 Å². The van der Waals surface area contributed by atoms with E-state index in [0.717, 1.165) is 29.1 Å². The largest absolute Gasteiger partial charge is 0.417 e. The van der Waals surface area contributed by atoms with E-state index >= 15 is 0 Å². The molecule has 1 saturated heterocycles. The first-order valence-corrected chi connectivity index (χ1v) is 12.0. The normalized spacial score (nSPS) is 22.2. The molecule has 2 amide bonds. The van der Waals surface area contributed by atoms with E-state index in [2.05, 4.69) is 9.88 Å². The molecule has 3 aliphatic heterocycles. The Labute approximate surface area is 207 Å². The topological polar surface area (TPSA) is 66.0 Å². The van der Waals surface area contributed by atoms with Crippen LogP contribution in [0.1, 0.15) is 34.4 Å². The van der Waals surface area contributed by atoms with Gasteiger partial charge >= 0.3 is 6.18 Å². The summed E-state index contributed by atoms with van der Waals surface area (Å²) in [4.78, 5) is 35.3. The van der Waals surface area contributed by atoms with Crippen LogP contribution in [0.15, 0.2) is 30.5 Å². The summed E-state index contributed by atoms with van der Waals surface area (Å²) in [5.74, 6) is -0.0112. The van der Waals surface area contributed by atoms with Crippen molar-refractivity contribution in [3.8, 4) is 0 Å². The van der Waals surface area contributed by atoms with Crippen molar-refractivity contribution in [3.05, 3.63) is 58.4 Å². The average molecular weight is 503 g/mol. The van der Waals surface area contributed by atoms with Gasteiger partial charge in [-0.05, 0) is 41.8 Å². The monoisotopic (exact) mass is 502 g/mol. The Morgan fingerprint density at radius 1 is 1.19 bits per heavy atom. The first-order valence-electron chi connectivity index (χ1n) is 12.0. The lowest BCUT2D eigenvalue weighted by Crippen LogP contribution is -2.49. The highest BCUT2D eigenvalue weighted by Crippen LogP contribution is 2.37. The summed E-state index contributed by atoms with van der Waals surface area (Å²) in [7, 11) is 3.34. The summed E-state index contributed by atoms with van der Waals surface area (Å²) in [6, 6.07) is 7.16. The zero-order valence-corrected chi connectivity index (χ0v) is 20.4. The van der Waals surface area contributed by atoms with Gasteiger partial charge in [-0.25, -0.2) is 0 Å². The highest BCUT2D eigenvalue weighted by molar-refractivity contribution is 6.01. The molecule has 0 bridgehead atoms. The summed E-state index contributed by atoms with van der Waals surface area (Å²) in [5.41, 5.74) is 2.51. The molecule has 0 radical (unpaired) electrons. The number of anilines is 1. The number of ether oxygens (including phenoxy) is 1. The molecule has 1 fully saturated rings. The van der Waals surface area contributed by atoms with Crippen molar-refractivity contribution in [2.45, 2.75) is 38.5 Å². The zero-order valence-electron chi connectivity index (χ0n) is 20.4. The SMILES string of the molecule is COCC1(C(=O)N2CCc3ncc(C(F)(F)F)cc3C2)CCN(Cc2ccc3c(c2)N(C)C(=O)C3)C1. The number of hydrogen-bond donors (Lipinski definition) is 0. The Balaban J connectivity index is 1.31. The summed E-state index contributed by atoms with van der Waals surface area (Å²) in [6.07, 6.45) is -2.16. The van der Waals surface area contributed by atoms with E-state index in [1.165, 1.54) is 0 Å². The molecule has 0 saturated carbocycles. The number of rotatable bonds is 5. The van der Waals surface area contributed by atoms with Crippen molar-refractivity contribution in [3.63, 3.8) is 0 Å². The van der Waals surface area contributed by atoms with Crippen LogP contribution in [-0.2, 0) is 46.4 Å². The second kappa shape index (κ2) is 9.15. The Kier molecular flexibility index (Phi) is 6.28. The number of methoxy groups -OCH3 is 1. The number of fused-ring (bicyclic) bond motifs is 2. The van der Waals surface area contributed by atoms with Gasteiger partial charge in [0.15, 0.2) is 0 Å². The Morgan fingerprint density at radius 3 is 2.75 bits per heavy atom. The fourth-order valence-electron chi connectivity index (χ4n) is 5.66. The highest BCUT2D eigenvalue weighted by atomic mass is 19.4. The first kappa shape index (κ1) is 24.7. The zero-order chi connectivity index (χ0) is 25.7. The van der Waals surface area contributed by atoms with Crippen LogP contribution in [0, 0.1) is 5.41 Å². The Bertz CT molecular complexity index is 1200. The fourth-order valence-corrected chi connectivity index (χ4v) is 5.66. The predicted molar refractivity (Wildman–Crippen MR) is 126 cm³/mol. The quantitative estimate of drug-likeness (QED) is 0.629. The number of halogens is 3. The molecule has 1 aromatic carbocycles. The summed E-state index contributed by atoms with van der Waals surface area (Å²) < 4.78 is 45.1. The number of likely N-dealkylation sites (tertiary alicyclic amines) is 1. The fraction of sp³-hybridized carbons (Fsp3) is 0.500. The van der Waals surface area contributed by atoms with Gasteiger partial charge < -0.3 is 14.5 Å². The van der Waals surface area contributed by atoms with Gasteiger partial charge in [0, 0.05) is 64.3 Å². The lowest BCUT2D eigenvalue weighted by Gasteiger charge is -2.36. The van der Waals surface area contributed by atoms with E-state index in [-0.39, 0.29) is 25.0 Å². The van der Waals surface area contributed by atoms with E-state index in [4.69, 9.17) is 4.74 Å². The van der Waals surface area contributed by atoms with Crippen LogP contribution in [-0.4, -0.2) is 67.0 Å². The molecule has 4 heterocycles. The number of hydrogen-bond acceptors (Lipinski definition) is 5. The molecule has 5 rings (SSSR count). The lowest BCUT2D eigenvalue weighted by atomic mass is 9.85. The molecule has 1 atom stereocenters. The molecular formula is C26H29F3N4O3. The van der Waals surface area contributed by atoms with Crippen LogP contribution >= 0.6 is 0 Å². The maximum atomic E-state index is 13.8. The van der Waals surface area contributed by atoms with Gasteiger partial charge in [-0.15, -0.1) is 0 Å². The van der Waals surface area contributed by atoms with Crippen LogP contribution in [0.25, 0.3) is 0 Å². The Hall–Kier alpha value is -2.98. The number of amides is 2. The number of alkyl halides is 3. The minimum absolute atomic E-state index is 0.0775. The van der Waals surface area contributed by atoms with Crippen molar-refractivity contribution in [1.82, 2.24) is 14.8 Å². The van der Waals surface area contributed by atoms with E-state index in [9.17, 15) is 22.8 Å². The number of nitrogens with zero attached hydrogens (tertiary/aromatic N) is 4. The third kappa shape index (κ3) is 4.48. The predicted octanol–water partition coefficient (Wildman–Crippen LogP) is 3.04. The van der Waals surface area contributed by atoms with Crippen LogP contribution in [0.4, 0.5) is 18.9 Å². The molecule has 192 valence electrons. The van der Waals surface area contributed by atoms with E-state index in [1.807, 2.05) is 18.2 Å². The second-order valence-corrected chi connectivity index (χ2v) is 10.1. The lowest BCUT2D eigenvalue weighted by molar-refractivity contribution is -0.145. The van der Waals surface area contributed by atoms with Crippen LogP contribution in [0.3, 0.4) is 0 Å². The van der Waals surface area contributed by atoms with Crippen molar-refractivity contribution in [2.24, 2.45) is 5.41 Å². The van der Waals surface area contributed by atoms with Gasteiger partial charge in [0.2, 0.25) is 11.8 Å². The number of likely N-dealkylation sites (N-methyl/N-ethyl adjacent to an activating group) is 1. The Morgan fingerprint density at radius 2 is 2.00 bits per heavy atom. The minimum Gasteiger partial charge on any atom is -0.384 e. The molecule has 0 spiro atoms. The molecule has 0 aliphatic carbocycles. The van der Waals surface area contributed by atoms with Gasteiger partial charge in [0.25, 0.3) is 0 Å². The van der Waals surface area contributed by atoms with Crippen molar-refractivity contribution in [2.75, 3.05) is 45.3 Å². The molecule has 3 aliphatic rings. The minimum atomic E-state index is -4.48. The van der Waals surface area contributed by atoms with Crippen LogP contribution in [0.2, 0.25) is 0 Å². The van der Waals surface area contributed by atoms with Gasteiger partial charge in [0.1, 0.15) is 0 Å². The van der Waals surface area contributed by atoms with Crippen LogP contribution in [0.5, 0.6) is 0 Å². The maximum Gasteiger partial charge on any atom is 0.417 e. The number of aromatic nitrogens is 1. The molecule has 7 nitrogen and oxygen atoms in total. The molecule has 36 heavy (non-hydrogen) atoms.